The summed E-state index contributed by atoms with van der Waals surface area (Å²) in [4.78, 5) is 0. The summed E-state index contributed by atoms with van der Waals surface area (Å²) in [6.07, 6.45) is 4.49. The van der Waals surface area contributed by atoms with Crippen LogP contribution in [0.2, 0.25) is 0 Å². The molecule has 0 heterocycles. The summed E-state index contributed by atoms with van der Waals surface area (Å²) in [5, 5.41) is 2.31. The second kappa shape index (κ2) is 6.27. The Morgan fingerprint density at radius 3 is 1.87 bits per heavy atom. The molecule has 0 aromatic heterocycles. The lowest BCUT2D eigenvalue weighted by molar-refractivity contribution is 0.235. The first-order valence-electron chi connectivity index (χ1n) is 8.52. The van der Waals surface area contributed by atoms with Crippen molar-refractivity contribution >= 4 is 10.8 Å². The van der Waals surface area contributed by atoms with E-state index in [9.17, 15) is 0 Å². The summed E-state index contributed by atoms with van der Waals surface area (Å²) in [5.74, 6) is 2.07. The van der Waals surface area contributed by atoms with Crippen LogP contribution in [0.25, 0.3) is 10.8 Å². The van der Waals surface area contributed by atoms with Crippen LogP contribution in [0.1, 0.15) is 45.7 Å². The molecule has 2 aromatic carbocycles. The van der Waals surface area contributed by atoms with Crippen molar-refractivity contribution in [2.75, 3.05) is 0 Å². The first-order chi connectivity index (χ1) is 11.0. The fourth-order valence-electron chi connectivity index (χ4n) is 3.25. The fraction of sp³-hybridized carbons (Fsp3) is 0.429. The van der Waals surface area contributed by atoms with Gasteiger partial charge < -0.3 is 9.47 Å². The highest BCUT2D eigenvalue weighted by Gasteiger charge is 2.24. The Bertz CT molecular complexity index is 754. The third-order valence-electron chi connectivity index (χ3n) is 4.15. The molecule has 2 aromatic rings. The minimum absolute atomic E-state index is 0.158. The molecule has 0 radical (unpaired) electrons. The molecule has 1 aliphatic carbocycles. The van der Waals surface area contributed by atoms with Gasteiger partial charge in [-0.2, -0.15) is 0 Å². The number of rotatable bonds is 4. The van der Waals surface area contributed by atoms with E-state index in [1.165, 1.54) is 16.7 Å². The maximum Gasteiger partial charge on any atom is 0.131 e. The van der Waals surface area contributed by atoms with Gasteiger partial charge in [0.2, 0.25) is 0 Å². The predicted molar refractivity (Wildman–Crippen MR) is 96.6 cm³/mol. The van der Waals surface area contributed by atoms with Gasteiger partial charge in [0.05, 0.1) is 12.2 Å². The lowest BCUT2D eigenvalue weighted by Crippen LogP contribution is -2.15. The van der Waals surface area contributed by atoms with Crippen LogP contribution in [0.3, 0.4) is 0 Å². The Kier molecular flexibility index (Phi) is 4.34. The number of benzene rings is 2. The van der Waals surface area contributed by atoms with E-state index < -0.39 is 0 Å². The molecule has 0 N–H and O–H groups in total. The standard InChI is InChI=1S/C21H26O2/c1-13(2)22-20-16-8-6-7-9-17(16)21(23-14(3)4)19-12-15(5)10-11-18(19)20/h6-10,13-14H,11-12H2,1-5H3. The second-order valence-corrected chi connectivity index (χ2v) is 6.93. The summed E-state index contributed by atoms with van der Waals surface area (Å²) < 4.78 is 12.5. The van der Waals surface area contributed by atoms with E-state index in [1.807, 2.05) is 0 Å². The van der Waals surface area contributed by atoms with Crippen LogP contribution >= 0.6 is 0 Å². The largest absolute Gasteiger partial charge is 0.490 e. The SMILES string of the molecule is CC1=CCc2c(c(OC(C)C)c3ccccc3c2OC(C)C)C1. The van der Waals surface area contributed by atoms with Gasteiger partial charge in [0.1, 0.15) is 11.5 Å². The molecule has 0 unspecified atom stereocenters. The van der Waals surface area contributed by atoms with E-state index in [0.717, 1.165) is 35.1 Å². The van der Waals surface area contributed by atoms with Crippen LogP contribution in [0.4, 0.5) is 0 Å². The molecule has 122 valence electrons. The average molecular weight is 310 g/mol. The Hall–Kier alpha value is -1.96. The number of ether oxygens (including phenoxy) is 2. The van der Waals surface area contributed by atoms with Gasteiger partial charge in [-0.1, -0.05) is 35.9 Å². The molecule has 0 bridgehead atoms. The van der Waals surface area contributed by atoms with Gasteiger partial charge in [-0.3, -0.25) is 0 Å². The summed E-state index contributed by atoms with van der Waals surface area (Å²) in [5.41, 5.74) is 3.99. The number of fused-ring (bicyclic) bond motifs is 2. The molecule has 0 spiro atoms. The zero-order valence-corrected chi connectivity index (χ0v) is 14.8. The van der Waals surface area contributed by atoms with E-state index in [4.69, 9.17) is 9.47 Å². The minimum Gasteiger partial charge on any atom is -0.490 e. The minimum atomic E-state index is 0.158. The fourth-order valence-corrected chi connectivity index (χ4v) is 3.25. The molecular formula is C21H26O2. The van der Waals surface area contributed by atoms with Crippen molar-refractivity contribution in [2.45, 2.75) is 59.7 Å². The molecule has 0 atom stereocenters. The molecule has 2 heteroatoms. The van der Waals surface area contributed by atoms with Gasteiger partial charge in [0.15, 0.2) is 0 Å². The zero-order chi connectivity index (χ0) is 16.6. The van der Waals surface area contributed by atoms with Crippen LogP contribution in [-0.2, 0) is 12.8 Å². The Morgan fingerprint density at radius 2 is 1.35 bits per heavy atom. The molecule has 3 rings (SSSR count). The summed E-state index contributed by atoms with van der Waals surface area (Å²) >= 11 is 0. The molecule has 23 heavy (non-hydrogen) atoms. The second-order valence-electron chi connectivity index (χ2n) is 6.93. The van der Waals surface area contributed by atoms with E-state index in [-0.39, 0.29) is 12.2 Å². The topological polar surface area (TPSA) is 18.5 Å². The first kappa shape index (κ1) is 15.9. The Morgan fingerprint density at radius 1 is 0.826 bits per heavy atom. The lowest BCUT2D eigenvalue weighted by atomic mass is 9.87. The number of allylic oxidation sites excluding steroid dienone is 2. The van der Waals surface area contributed by atoms with Gasteiger partial charge in [-0.25, -0.2) is 0 Å². The quantitative estimate of drug-likeness (QED) is 0.698. The van der Waals surface area contributed by atoms with Crippen LogP contribution < -0.4 is 9.47 Å². The zero-order valence-electron chi connectivity index (χ0n) is 14.8. The highest BCUT2D eigenvalue weighted by atomic mass is 16.5. The van der Waals surface area contributed by atoms with E-state index in [0.29, 0.717) is 0 Å². The first-order valence-corrected chi connectivity index (χ1v) is 8.52. The maximum atomic E-state index is 6.25. The lowest BCUT2D eigenvalue weighted by Gasteiger charge is -2.26. The van der Waals surface area contributed by atoms with Gasteiger partial charge in [0, 0.05) is 21.9 Å². The van der Waals surface area contributed by atoms with Crippen LogP contribution in [0.15, 0.2) is 35.9 Å². The highest BCUT2D eigenvalue weighted by molar-refractivity contribution is 5.96. The van der Waals surface area contributed by atoms with Gasteiger partial charge in [-0.15, -0.1) is 0 Å². The van der Waals surface area contributed by atoms with Gasteiger partial charge in [0.25, 0.3) is 0 Å². The van der Waals surface area contributed by atoms with Crippen LogP contribution in [-0.4, -0.2) is 12.2 Å². The highest BCUT2D eigenvalue weighted by Crippen LogP contribution is 2.44. The summed E-state index contributed by atoms with van der Waals surface area (Å²) in [6.45, 7) is 10.5. The Balaban J connectivity index is 2.31. The van der Waals surface area contributed by atoms with E-state index in [2.05, 4.69) is 65.0 Å². The summed E-state index contributed by atoms with van der Waals surface area (Å²) in [6, 6.07) is 8.44. The third kappa shape index (κ3) is 3.08. The van der Waals surface area contributed by atoms with E-state index in [1.54, 1.807) is 0 Å². The van der Waals surface area contributed by atoms with Crippen molar-refractivity contribution in [2.24, 2.45) is 0 Å². The summed E-state index contributed by atoms with van der Waals surface area (Å²) in [7, 11) is 0. The molecule has 0 saturated heterocycles. The smallest absolute Gasteiger partial charge is 0.131 e. The van der Waals surface area contributed by atoms with Crippen LogP contribution in [0.5, 0.6) is 11.5 Å². The number of hydrogen-bond acceptors (Lipinski definition) is 2. The molecule has 1 aliphatic rings. The molecule has 0 aliphatic heterocycles. The molecule has 0 saturated carbocycles. The predicted octanol–water partition coefficient (Wildman–Crippen LogP) is 5.46. The third-order valence-corrected chi connectivity index (χ3v) is 4.15. The van der Waals surface area contributed by atoms with Crippen molar-refractivity contribution in [1.29, 1.82) is 0 Å². The normalized spacial score (nSPS) is 14.1. The average Bonchev–Trinajstić information content (AvgIpc) is 2.49. The molecule has 0 fully saturated rings. The van der Waals surface area contributed by atoms with Crippen molar-refractivity contribution in [3.05, 3.63) is 47.0 Å². The van der Waals surface area contributed by atoms with Crippen molar-refractivity contribution < 1.29 is 9.47 Å². The number of hydrogen-bond donors (Lipinski definition) is 0. The Labute approximate surface area is 139 Å². The van der Waals surface area contributed by atoms with Crippen LogP contribution in [0, 0.1) is 0 Å². The van der Waals surface area contributed by atoms with Gasteiger partial charge >= 0.3 is 0 Å². The van der Waals surface area contributed by atoms with Crippen molar-refractivity contribution in [3.8, 4) is 11.5 Å². The molecule has 0 amide bonds. The molecule has 2 nitrogen and oxygen atoms in total. The van der Waals surface area contributed by atoms with Crippen molar-refractivity contribution in [3.63, 3.8) is 0 Å². The monoisotopic (exact) mass is 310 g/mol. The van der Waals surface area contributed by atoms with Gasteiger partial charge in [-0.05, 0) is 47.5 Å². The van der Waals surface area contributed by atoms with E-state index >= 15 is 0 Å². The van der Waals surface area contributed by atoms with Crippen molar-refractivity contribution in [1.82, 2.24) is 0 Å². The molecular weight excluding hydrogens is 284 g/mol. The maximum absolute atomic E-state index is 6.25.